The average molecular weight is 383 g/mol. The summed E-state index contributed by atoms with van der Waals surface area (Å²) in [6.45, 7) is 2.37. The normalized spacial score (nSPS) is 18.3. The minimum absolute atomic E-state index is 0. The van der Waals surface area contributed by atoms with Crippen molar-refractivity contribution in [2.45, 2.75) is 30.6 Å². The molecule has 1 heterocycles. The molecule has 0 radical (unpaired) electrons. The van der Waals surface area contributed by atoms with Crippen LogP contribution in [-0.2, 0) is 14.6 Å². The van der Waals surface area contributed by atoms with E-state index in [0.29, 0.717) is 13.1 Å². The molecule has 0 aliphatic carbocycles. The molecule has 1 amide bonds. The smallest absolute Gasteiger partial charge is 0.242 e. The van der Waals surface area contributed by atoms with Crippen molar-refractivity contribution in [2.75, 3.05) is 19.3 Å². The number of halogens is 3. The molecule has 0 bridgehead atoms. The van der Waals surface area contributed by atoms with Crippen LogP contribution in [0.3, 0.4) is 0 Å². The number of hydrogen-bond donors (Lipinski definition) is 2. The highest BCUT2D eigenvalue weighted by Gasteiger charge is 2.48. The molecule has 0 spiro atoms. The number of amides is 1. The average Bonchev–Trinajstić information content (AvgIpc) is 2.46. The van der Waals surface area contributed by atoms with Crippen LogP contribution in [0.1, 0.15) is 31.4 Å². The number of carbonyl (C=O) groups is 1. The molecule has 1 aromatic carbocycles. The number of benzene rings is 1. The molecule has 1 atom stereocenters. The number of nitrogens with one attached hydrogen (secondary N) is 2. The van der Waals surface area contributed by atoms with E-state index in [-0.39, 0.29) is 30.8 Å². The van der Waals surface area contributed by atoms with Gasteiger partial charge in [-0.25, -0.2) is 17.2 Å². The van der Waals surface area contributed by atoms with Crippen LogP contribution in [-0.4, -0.2) is 38.4 Å². The fourth-order valence-corrected chi connectivity index (χ4v) is 4.20. The highest BCUT2D eigenvalue weighted by molar-refractivity contribution is 7.92. The van der Waals surface area contributed by atoms with Gasteiger partial charge in [0.1, 0.15) is 11.6 Å². The van der Waals surface area contributed by atoms with E-state index in [1.165, 1.54) is 13.0 Å². The van der Waals surface area contributed by atoms with Gasteiger partial charge in [-0.2, -0.15) is 0 Å². The van der Waals surface area contributed by atoms with Crippen molar-refractivity contribution >= 4 is 28.2 Å². The van der Waals surface area contributed by atoms with E-state index in [4.69, 9.17) is 0 Å². The van der Waals surface area contributed by atoms with Gasteiger partial charge < -0.3 is 10.6 Å². The summed E-state index contributed by atoms with van der Waals surface area (Å²) in [4.78, 5) is 12.6. The van der Waals surface area contributed by atoms with Crippen LogP contribution in [0.25, 0.3) is 0 Å². The molecule has 136 valence electrons. The van der Waals surface area contributed by atoms with Crippen molar-refractivity contribution in [3.05, 3.63) is 35.4 Å². The van der Waals surface area contributed by atoms with E-state index in [0.717, 1.165) is 18.4 Å². The van der Waals surface area contributed by atoms with E-state index < -0.39 is 38.2 Å². The number of hydrogen-bond acceptors (Lipinski definition) is 4. The van der Waals surface area contributed by atoms with Crippen LogP contribution in [0.5, 0.6) is 0 Å². The molecule has 1 fully saturated rings. The SMILES string of the molecule is C[C@@H](NC(=O)C1(S(C)(=O)=O)CCNCC1)c1ccc(F)cc1F.Cl. The lowest BCUT2D eigenvalue weighted by Gasteiger charge is -2.35. The third kappa shape index (κ3) is 4.04. The standard InChI is InChI=1S/C15H20F2N2O3S.ClH/c1-10(12-4-3-11(16)9-13(12)17)19-14(20)15(23(2,21)22)5-7-18-8-6-15;/h3-4,9-10,18H,5-8H2,1-2H3,(H,19,20);1H/t10-;/m1./s1. The maximum absolute atomic E-state index is 13.8. The summed E-state index contributed by atoms with van der Waals surface area (Å²) in [6, 6.07) is 2.30. The summed E-state index contributed by atoms with van der Waals surface area (Å²) in [7, 11) is -3.64. The molecule has 1 aliphatic heterocycles. The monoisotopic (exact) mass is 382 g/mol. The molecule has 9 heteroatoms. The third-order valence-electron chi connectivity index (χ3n) is 4.31. The molecule has 1 aliphatic rings. The second-order valence-corrected chi connectivity index (χ2v) is 8.20. The first-order valence-electron chi connectivity index (χ1n) is 7.33. The summed E-state index contributed by atoms with van der Waals surface area (Å²) in [5.41, 5.74) is 0.109. The second-order valence-electron chi connectivity index (χ2n) is 5.88. The molecule has 5 nitrogen and oxygen atoms in total. The quantitative estimate of drug-likeness (QED) is 0.831. The highest BCUT2D eigenvalue weighted by atomic mass is 35.5. The van der Waals surface area contributed by atoms with Gasteiger partial charge in [-0.15, -0.1) is 12.4 Å². The fourth-order valence-electron chi connectivity index (χ4n) is 2.86. The van der Waals surface area contributed by atoms with E-state index in [2.05, 4.69) is 10.6 Å². The number of carbonyl (C=O) groups excluding carboxylic acids is 1. The maximum atomic E-state index is 13.8. The van der Waals surface area contributed by atoms with Gasteiger partial charge in [0.05, 0.1) is 6.04 Å². The Labute approximate surface area is 146 Å². The van der Waals surface area contributed by atoms with Crippen molar-refractivity contribution in [3.63, 3.8) is 0 Å². The fraction of sp³-hybridized carbons (Fsp3) is 0.533. The van der Waals surface area contributed by atoms with Gasteiger partial charge >= 0.3 is 0 Å². The number of sulfone groups is 1. The summed E-state index contributed by atoms with van der Waals surface area (Å²) >= 11 is 0. The predicted octanol–water partition coefficient (Wildman–Crippen LogP) is 1.73. The molecule has 2 rings (SSSR count). The number of piperidine rings is 1. The van der Waals surface area contributed by atoms with Gasteiger partial charge in [-0.1, -0.05) is 6.07 Å². The molecule has 24 heavy (non-hydrogen) atoms. The molecule has 2 N–H and O–H groups in total. The zero-order valence-electron chi connectivity index (χ0n) is 13.4. The summed E-state index contributed by atoms with van der Waals surface area (Å²) in [6.07, 6.45) is 1.37. The Kier molecular flexibility index (Phi) is 6.72. The van der Waals surface area contributed by atoms with Gasteiger partial charge in [0.25, 0.3) is 0 Å². The van der Waals surface area contributed by atoms with Crippen LogP contribution in [0.15, 0.2) is 18.2 Å². The minimum Gasteiger partial charge on any atom is -0.348 e. The molecule has 0 unspecified atom stereocenters. The Balaban J connectivity index is 0.00000288. The zero-order chi connectivity index (χ0) is 17.3. The van der Waals surface area contributed by atoms with Crippen LogP contribution in [0.4, 0.5) is 8.78 Å². The lowest BCUT2D eigenvalue weighted by molar-refractivity contribution is -0.125. The molecule has 1 aromatic rings. The van der Waals surface area contributed by atoms with Crippen molar-refractivity contribution in [1.29, 1.82) is 0 Å². The van der Waals surface area contributed by atoms with Gasteiger partial charge in [0.2, 0.25) is 5.91 Å². The topological polar surface area (TPSA) is 75.3 Å². The Morgan fingerprint density at radius 3 is 2.38 bits per heavy atom. The molecular weight excluding hydrogens is 362 g/mol. The Morgan fingerprint density at radius 2 is 1.88 bits per heavy atom. The Hall–Kier alpha value is -1.25. The van der Waals surface area contributed by atoms with Crippen molar-refractivity contribution in [3.8, 4) is 0 Å². The van der Waals surface area contributed by atoms with Gasteiger partial charge in [-0.05, 0) is 38.9 Å². The van der Waals surface area contributed by atoms with Crippen LogP contribution in [0.2, 0.25) is 0 Å². The van der Waals surface area contributed by atoms with Gasteiger partial charge in [0.15, 0.2) is 14.6 Å². The van der Waals surface area contributed by atoms with Crippen molar-refractivity contribution in [2.24, 2.45) is 0 Å². The Bertz CT molecular complexity index is 707. The largest absolute Gasteiger partial charge is 0.348 e. The van der Waals surface area contributed by atoms with E-state index in [9.17, 15) is 22.0 Å². The zero-order valence-corrected chi connectivity index (χ0v) is 15.1. The van der Waals surface area contributed by atoms with Crippen LogP contribution < -0.4 is 10.6 Å². The first-order chi connectivity index (χ1) is 10.7. The summed E-state index contributed by atoms with van der Waals surface area (Å²) in [5, 5.41) is 5.59. The van der Waals surface area contributed by atoms with Gasteiger partial charge in [-0.3, -0.25) is 4.79 Å². The predicted molar refractivity (Wildman–Crippen MR) is 89.8 cm³/mol. The highest BCUT2D eigenvalue weighted by Crippen LogP contribution is 2.29. The Morgan fingerprint density at radius 1 is 1.29 bits per heavy atom. The lowest BCUT2D eigenvalue weighted by Crippen LogP contribution is -2.57. The molecule has 1 saturated heterocycles. The molecule has 0 aromatic heterocycles. The van der Waals surface area contributed by atoms with E-state index in [1.807, 2.05) is 0 Å². The second kappa shape index (κ2) is 7.76. The molecular formula is C15H21ClF2N2O3S. The van der Waals surface area contributed by atoms with E-state index in [1.54, 1.807) is 0 Å². The number of rotatable bonds is 4. The summed E-state index contributed by atoms with van der Waals surface area (Å²) in [5.74, 6) is -2.13. The minimum atomic E-state index is -3.64. The first kappa shape index (κ1) is 20.8. The first-order valence-corrected chi connectivity index (χ1v) is 9.23. The van der Waals surface area contributed by atoms with Crippen LogP contribution >= 0.6 is 12.4 Å². The van der Waals surface area contributed by atoms with Crippen molar-refractivity contribution < 1.29 is 22.0 Å². The summed E-state index contributed by atoms with van der Waals surface area (Å²) < 4.78 is 49.6. The van der Waals surface area contributed by atoms with E-state index >= 15 is 0 Å². The lowest BCUT2D eigenvalue weighted by atomic mass is 9.95. The maximum Gasteiger partial charge on any atom is 0.242 e. The van der Waals surface area contributed by atoms with Crippen LogP contribution in [0, 0.1) is 11.6 Å². The molecule has 0 saturated carbocycles. The van der Waals surface area contributed by atoms with Crippen molar-refractivity contribution in [1.82, 2.24) is 10.6 Å². The van der Waals surface area contributed by atoms with Gasteiger partial charge in [0, 0.05) is 17.9 Å². The third-order valence-corrected chi connectivity index (χ3v) is 6.32.